The van der Waals surface area contributed by atoms with Crippen LogP contribution >= 0.6 is 0 Å². The quantitative estimate of drug-likeness (QED) is 0.692. The zero-order valence-corrected chi connectivity index (χ0v) is 8.65. The summed E-state index contributed by atoms with van der Waals surface area (Å²) in [4.78, 5) is 4.20. The molecule has 0 aromatic carbocycles. The summed E-state index contributed by atoms with van der Waals surface area (Å²) >= 11 is 0. The fourth-order valence-corrected chi connectivity index (χ4v) is 1.55. The Labute approximate surface area is 83.0 Å². The van der Waals surface area contributed by atoms with Gasteiger partial charge in [-0.1, -0.05) is 20.8 Å². The molecule has 2 heterocycles. The third-order valence-corrected chi connectivity index (χ3v) is 2.28. The monoisotopic (exact) mass is 190 g/mol. The molecule has 74 valence electrons. The number of nitrogens with zero attached hydrogens (tertiary/aromatic N) is 2. The van der Waals surface area contributed by atoms with E-state index >= 15 is 0 Å². The number of pyridine rings is 1. The second-order valence-electron chi connectivity index (χ2n) is 4.48. The second kappa shape index (κ2) is 2.74. The SMILES string of the molecule is CC(C)(C)c1cnc2c(O)cccn12. The normalized spacial score (nSPS) is 12.2. The summed E-state index contributed by atoms with van der Waals surface area (Å²) in [7, 11) is 0. The van der Waals surface area contributed by atoms with Gasteiger partial charge in [0.2, 0.25) is 0 Å². The molecule has 0 aliphatic carbocycles. The van der Waals surface area contributed by atoms with Gasteiger partial charge in [-0.15, -0.1) is 0 Å². The van der Waals surface area contributed by atoms with Gasteiger partial charge in [0.15, 0.2) is 11.4 Å². The number of aromatic nitrogens is 2. The Morgan fingerprint density at radius 2 is 2.07 bits per heavy atom. The molecule has 0 amide bonds. The highest BCUT2D eigenvalue weighted by molar-refractivity contribution is 5.54. The lowest BCUT2D eigenvalue weighted by Crippen LogP contribution is -2.13. The molecule has 14 heavy (non-hydrogen) atoms. The van der Waals surface area contributed by atoms with Gasteiger partial charge in [-0.3, -0.25) is 0 Å². The van der Waals surface area contributed by atoms with E-state index in [0.29, 0.717) is 5.65 Å². The molecule has 1 N–H and O–H groups in total. The molecule has 2 rings (SSSR count). The molecule has 0 radical (unpaired) electrons. The number of rotatable bonds is 0. The third kappa shape index (κ3) is 1.25. The Bertz CT molecular complexity index is 466. The van der Waals surface area contributed by atoms with Crippen LogP contribution in [0.25, 0.3) is 5.65 Å². The topological polar surface area (TPSA) is 37.5 Å². The number of hydrogen-bond acceptors (Lipinski definition) is 2. The Kier molecular flexibility index (Phi) is 1.77. The van der Waals surface area contributed by atoms with Crippen LogP contribution in [-0.4, -0.2) is 14.5 Å². The molecule has 3 nitrogen and oxygen atoms in total. The number of imidazole rings is 1. The first-order valence-corrected chi connectivity index (χ1v) is 4.65. The van der Waals surface area contributed by atoms with Crippen LogP contribution in [0.2, 0.25) is 0 Å². The van der Waals surface area contributed by atoms with Crippen molar-refractivity contribution in [3.63, 3.8) is 0 Å². The van der Waals surface area contributed by atoms with E-state index in [1.165, 1.54) is 0 Å². The van der Waals surface area contributed by atoms with Crippen molar-refractivity contribution in [3.05, 3.63) is 30.2 Å². The molecule has 2 aromatic rings. The standard InChI is InChI=1S/C11H14N2O/c1-11(2,3)9-7-12-10-8(14)5-4-6-13(9)10/h4-7,14H,1-3H3. The van der Waals surface area contributed by atoms with E-state index < -0.39 is 0 Å². The average molecular weight is 190 g/mol. The smallest absolute Gasteiger partial charge is 0.179 e. The van der Waals surface area contributed by atoms with Crippen LogP contribution in [0.15, 0.2) is 24.5 Å². The van der Waals surface area contributed by atoms with E-state index in [4.69, 9.17) is 0 Å². The first-order chi connectivity index (χ1) is 6.50. The van der Waals surface area contributed by atoms with Crippen molar-refractivity contribution in [2.45, 2.75) is 26.2 Å². The molecular formula is C11H14N2O. The minimum atomic E-state index is 0.0349. The van der Waals surface area contributed by atoms with E-state index in [9.17, 15) is 5.11 Å². The Balaban J connectivity index is 2.76. The van der Waals surface area contributed by atoms with E-state index in [0.717, 1.165) is 5.69 Å². The molecule has 0 saturated heterocycles. The Hall–Kier alpha value is -1.51. The second-order valence-corrected chi connectivity index (χ2v) is 4.48. The number of fused-ring (bicyclic) bond motifs is 1. The highest BCUT2D eigenvalue weighted by Gasteiger charge is 2.19. The van der Waals surface area contributed by atoms with E-state index in [-0.39, 0.29) is 11.2 Å². The van der Waals surface area contributed by atoms with Crippen LogP contribution in [0.4, 0.5) is 0 Å². The molecule has 3 heteroatoms. The first kappa shape index (κ1) is 9.06. The first-order valence-electron chi connectivity index (χ1n) is 4.65. The van der Waals surface area contributed by atoms with Crippen LogP contribution < -0.4 is 0 Å². The summed E-state index contributed by atoms with van der Waals surface area (Å²) in [5.74, 6) is 0.225. The van der Waals surface area contributed by atoms with Crippen molar-refractivity contribution in [1.29, 1.82) is 0 Å². The van der Waals surface area contributed by atoms with Crippen molar-refractivity contribution in [1.82, 2.24) is 9.38 Å². The van der Waals surface area contributed by atoms with Crippen molar-refractivity contribution in [2.24, 2.45) is 0 Å². The highest BCUT2D eigenvalue weighted by atomic mass is 16.3. The van der Waals surface area contributed by atoms with Crippen LogP contribution in [0.1, 0.15) is 26.5 Å². The predicted molar refractivity (Wildman–Crippen MR) is 55.6 cm³/mol. The highest BCUT2D eigenvalue weighted by Crippen LogP contribution is 2.25. The van der Waals surface area contributed by atoms with E-state index in [1.807, 2.05) is 22.9 Å². The summed E-state index contributed by atoms with van der Waals surface area (Å²) in [6, 6.07) is 3.47. The maximum Gasteiger partial charge on any atom is 0.179 e. The molecular weight excluding hydrogens is 176 g/mol. The van der Waals surface area contributed by atoms with Gasteiger partial charge in [0.25, 0.3) is 0 Å². The average Bonchev–Trinajstić information content (AvgIpc) is 2.47. The minimum Gasteiger partial charge on any atom is -0.504 e. The van der Waals surface area contributed by atoms with Gasteiger partial charge in [0.05, 0.1) is 0 Å². The molecule has 0 atom stereocenters. The molecule has 0 fully saturated rings. The zero-order chi connectivity index (χ0) is 10.3. The van der Waals surface area contributed by atoms with Gasteiger partial charge in [0.1, 0.15) is 0 Å². The van der Waals surface area contributed by atoms with Crippen LogP contribution in [0.5, 0.6) is 5.75 Å². The van der Waals surface area contributed by atoms with E-state index in [1.54, 1.807) is 6.07 Å². The van der Waals surface area contributed by atoms with Gasteiger partial charge < -0.3 is 9.51 Å². The van der Waals surface area contributed by atoms with Crippen molar-refractivity contribution < 1.29 is 5.11 Å². The molecule has 0 unspecified atom stereocenters. The van der Waals surface area contributed by atoms with Gasteiger partial charge in [-0.2, -0.15) is 0 Å². The Morgan fingerprint density at radius 1 is 1.36 bits per heavy atom. The van der Waals surface area contributed by atoms with E-state index in [2.05, 4.69) is 25.8 Å². The van der Waals surface area contributed by atoms with Crippen LogP contribution in [0, 0.1) is 0 Å². The molecule has 0 aliphatic rings. The largest absolute Gasteiger partial charge is 0.504 e. The molecule has 0 bridgehead atoms. The lowest BCUT2D eigenvalue weighted by Gasteiger charge is -2.17. The third-order valence-electron chi connectivity index (χ3n) is 2.28. The summed E-state index contributed by atoms with van der Waals surface area (Å²) in [6.45, 7) is 6.38. The van der Waals surface area contributed by atoms with Gasteiger partial charge in [0, 0.05) is 23.5 Å². The molecule has 0 spiro atoms. The lowest BCUT2D eigenvalue weighted by molar-refractivity contribution is 0.476. The van der Waals surface area contributed by atoms with Crippen molar-refractivity contribution >= 4 is 5.65 Å². The summed E-state index contributed by atoms with van der Waals surface area (Å²) in [5.41, 5.74) is 1.76. The van der Waals surface area contributed by atoms with Crippen LogP contribution in [-0.2, 0) is 5.41 Å². The van der Waals surface area contributed by atoms with Crippen LogP contribution in [0.3, 0.4) is 0 Å². The minimum absolute atomic E-state index is 0.0349. The fraction of sp³-hybridized carbons (Fsp3) is 0.364. The maximum absolute atomic E-state index is 9.57. The van der Waals surface area contributed by atoms with Crippen molar-refractivity contribution in [3.8, 4) is 5.75 Å². The van der Waals surface area contributed by atoms with Gasteiger partial charge in [-0.05, 0) is 12.1 Å². The van der Waals surface area contributed by atoms with Gasteiger partial charge in [-0.25, -0.2) is 4.98 Å². The Morgan fingerprint density at radius 3 is 2.71 bits per heavy atom. The van der Waals surface area contributed by atoms with Crippen molar-refractivity contribution in [2.75, 3.05) is 0 Å². The number of aromatic hydroxyl groups is 1. The summed E-state index contributed by atoms with van der Waals surface area (Å²) < 4.78 is 1.93. The van der Waals surface area contributed by atoms with Gasteiger partial charge >= 0.3 is 0 Å². The molecule has 0 aliphatic heterocycles. The predicted octanol–water partition coefficient (Wildman–Crippen LogP) is 2.34. The summed E-state index contributed by atoms with van der Waals surface area (Å²) in [6.07, 6.45) is 3.73. The zero-order valence-electron chi connectivity index (χ0n) is 8.65. The summed E-state index contributed by atoms with van der Waals surface area (Å²) in [5, 5.41) is 9.57. The maximum atomic E-state index is 9.57. The molecule has 0 saturated carbocycles. The molecule has 2 aromatic heterocycles. The number of hydrogen-bond donors (Lipinski definition) is 1. The lowest BCUT2D eigenvalue weighted by atomic mass is 9.93. The fourth-order valence-electron chi connectivity index (χ4n) is 1.55.